The van der Waals surface area contributed by atoms with Crippen molar-refractivity contribution in [2.24, 2.45) is 0 Å². The highest BCUT2D eigenvalue weighted by molar-refractivity contribution is 9.10. The first kappa shape index (κ1) is 33.7. The van der Waals surface area contributed by atoms with Crippen molar-refractivity contribution in [3.05, 3.63) is 87.3 Å². The summed E-state index contributed by atoms with van der Waals surface area (Å²) in [7, 11) is 2.57. The normalized spacial score (nSPS) is 18.7. The molecule has 0 atom stereocenters. The van der Waals surface area contributed by atoms with Gasteiger partial charge in [-0.25, -0.2) is 9.59 Å². The second-order valence-corrected chi connectivity index (χ2v) is 11.7. The first-order valence-corrected chi connectivity index (χ1v) is 14.7. The van der Waals surface area contributed by atoms with E-state index in [0.29, 0.717) is 24.3 Å². The van der Waals surface area contributed by atoms with Gasteiger partial charge in [0.05, 0.1) is 63.0 Å². The Hall–Kier alpha value is -2.76. The van der Waals surface area contributed by atoms with E-state index in [2.05, 4.69) is 65.3 Å². The Balaban J connectivity index is 0.000000176. The Morgan fingerprint density at radius 3 is 1.64 bits per heavy atom. The highest BCUT2D eigenvalue weighted by Crippen LogP contribution is 2.39. The molecule has 226 valence electrons. The molecule has 2 aromatic carbocycles. The molecular formula is C32H40BBrO8. The molecule has 42 heavy (non-hydrogen) atoms. The molecule has 0 amide bonds. The van der Waals surface area contributed by atoms with Crippen LogP contribution in [-0.2, 0) is 28.3 Å². The molecular weight excluding hydrogens is 603 g/mol. The third-order valence-electron chi connectivity index (χ3n) is 7.46. The van der Waals surface area contributed by atoms with E-state index in [1.165, 1.54) is 25.3 Å². The number of hydrogen-bond donors (Lipinski definition) is 0. The topological polar surface area (TPSA) is 89.5 Å². The fourth-order valence-corrected chi connectivity index (χ4v) is 4.45. The molecule has 0 N–H and O–H groups in total. The number of ether oxygens (including phenoxy) is 4. The van der Waals surface area contributed by atoms with E-state index in [1.54, 1.807) is 36.4 Å². The van der Waals surface area contributed by atoms with Crippen LogP contribution in [0.5, 0.6) is 0 Å². The number of benzene rings is 2. The zero-order valence-electron chi connectivity index (χ0n) is 25.2. The lowest BCUT2D eigenvalue weighted by atomic mass is 9.75. The molecule has 5 rings (SSSR count). The maximum atomic E-state index is 11.2. The van der Waals surface area contributed by atoms with Gasteiger partial charge in [0.25, 0.3) is 0 Å². The SMILES string of the molecule is CC1(C)OB(C2=CCOCC2)OC1(C)C.COC(=O)c1ccc(Br)cc1.COC(=O)c1ccc(C2=CCOCC2)cc1. The number of methoxy groups -OCH3 is 2. The lowest BCUT2D eigenvalue weighted by Gasteiger charge is -2.32. The van der Waals surface area contributed by atoms with Gasteiger partial charge >= 0.3 is 19.1 Å². The lowest BCUT2D eigenvalue weighted by molar-refractivity contribution is 0.00578. The molecule has 8 nitrogen and oxygen atoms in total. The van der Waals surface area contributed by atoms with Gasteiger partial charge in [-0.1, -0.05) is 40.2 Å². The van der Waals surface area contributed by atoms with Crippen LogP contribution in [0.3, 0.4) is 0 Å². The summed E-state index contributed by atoms with van der Waals surface area (Å²) in [6, 6.07) is 14.5. The van der Waals surface area contributed by atoms with Crippen molar-refractivity contribution in [2.75, 3.05) is 40.6 Å². The number of carbonyl (C=O) groups is 2. The van der Waals surface area contributed by atoms with E-state index in [9.17, 15) is 9.59 Å². The van der Waals surface area contributed by atoms with Crippen LogP contribution in [0.4, 0.5) is 0 Å². The molecule has 2 aromatic rings. The van der Waals surface area contributed by atoms with Crippen LogP contribution in [0.2, 0.25) is 0 Å². The first-order valence-electron chi connectivity index (χ1n) is 13.9. The summed E-state index contributed by atoms with van der Waals surface area (Å²) in [4.78, 5) is 22.1. The molecule has 0 spiro atoms. The highest BCUT2D eigenvalue weighted by atomic mass is 79.9. The van der Waals surface area contributed by atoms with Gasteiger partial charge in [0.2, 0.25) is 0 Å². The molecule has 10 heteroatoms. The van der Waals surface area contributed by atoms with Crippen LogP contribution in [0, 0.1) is 0 Å². The van der Waals surface area contributed by atoms with Gasteiger partial charge in [-0.15, -0.1) is 0 Å². The largest absolute Gasteiger partial charge is 0.490 e. The van der Waals surface area contributed by atoms with E-state index in [1.807, 2.05) is 12.1 Å². The number of esters is 2. The summed E-state index contributed by atoms with van der Waals surface area (Å²) in [5.41, 5.74) is 4.32. The zero-order valence-corrected chi connectivity index (χ0v) is 26.8. The van der Waals surface area contributed by atoms with E-state index in [-0.39, 0.29) is 30.3 Å². The second kappa shape index (κ2) is 15.6. The first-order chi connectivity index (χ1) is 20.0. The summed E-state index contributed by atoms with van der Waals surface area (Å²) < 4.78 is 32.6. The fourth-order valence-electron chi connectivity index (χ4n) is 4.18. The molecule has 3 aliphatic heterocycles. The maximum Gasteiger partial charge on any atom is 0.490 e. The van der Waals surface area contributed by atoms with E-state index in [0.717, 1.165) is 36.1 Å². The van der Waals surface area contributed by atoms with Crippen LogP contribution in [0.25, 0.3) is 5.57 Å². The highest BCUT2D eigenvalue weighted by Gasteiger charge is 2.52. The molecule has 0 bridgehead atoms. The fraction of sp³-hybridized carbons (Fsp3) is 0.438. The van der Waals surface area contributed by atoms with Gasteiger partial charge in [0, 0.05) is 4.47 Å². The van der Waals surface area contributed by atoms with Crippen molar-refractivity contribution in [1.29, 1.82) is 0 Å². The average molecular weight is 643 g/mol. The lowest BCUT2D eigenvalue weighted by Crippen LogP contribution is -2.41. The standard InChI is InChI=1S/C13H14O3.C11H19BO3.C8H7BrO2/c1-15-13(14)12-4-2-10(3-5-12)11-6-8-16-9-7-11;1-10(2)11(3,4)15-12(14-10)9-5-7-13-8-6-9;1-11-8(10)6-2-4-7(9)5-3-6/h2-6H,7-9H2,1H3;5H,6-8H2,1-4H3;2-5H,1H3. The van der Waals surface area contributed by atoms with Gasteiger partial charge in [0.1, 0.15) is 0 Å². The predicted molar refractivity (Wildman–Crippen MR) is 166 cm³/mol. The third-order valence-corrected chi connectivity index (χ3v) is 7.99. The minimum absolute atomic E-state index is 0.182. The molecule has 1 saturated heterocycles. The van der Waals surface area contributed by atoms with Crippen molar-refractivity contribution in [3.63, 3.8) is 0 Å². The van der Waals surface area contributed by atoms with Gasteiger partial charge in [-0.05, 0) is 93.5 Å². The molecule has 3 heterocycles. The van der Waals surface area contributed by atoms with Crippen molar-refractivity contribution in [3.8, 4) is 0 Å². The molecule has 0 unspecified atom stereocenters. The molecule has 1 fully saturated rings. The Labute approximate surface area is 257 Å². The molecule has 0 saturated carbocycles. The molecule has 0 radical (unpaired) electrons. The Morgan fingerprint density at radius 2 is 1.21 bits per heavy atom. The quantitative estimate of drug-likeness (QED) is 0.277. The van der Waals surface area contributed by atoms with Crippen LogP contribution in [-0.4, -0.2) is 70.9 Å². The zero-order chi connectivity index (χ0) is 30.8. The summed E-state index contributed by atoms with van der Waals surface area (Å²) in [6.07, 6.45) is 6.00. The smallest absolute Gasteiger partial charge is 0.465 e. The van der Waals surface area contributed by atoms with Crippen molar-refractivity contribution in [1.82, 2.24) is 0 Å². The number of hydrogen-bond acceptors (Lipinski definition) is 8. The number of carbonyl (C=O) groups excluding carboxylic acids is 2. The van der Waals surface area contributed by atoms with Crippen molar-refractivity contribution >= 4 is 40.6 Å². The molecule has 0 aliphatic carbocycles. The minimum Gasteiger partial charge on any atom is -0.465 e. The van der Waals surface area contributed by atoms with Gasteiger partial charge in [-0.3, -0.25) is 0 Å². The Bertz CT molecular complexity index is 1240. The number of halogens is 1. The maximum absolute atomic E-state index is 11.2. The monoisotopic (exact) mass is 642 g/mol. The van der Waals surface area contributed by atoms with E-state index in [4.69, 9.17) is 18.8 Å². The summed E-state index contributed by atoms with van der Waals surface area (Å²) in [5, 5.41) is 0. The van der Waals surface area contributed by atoms with Crippen LogP contribution >= 0.6 is 15.9 Å². The predicted octanol–water partition coefficient (Wildman–Crippen LogP) is 6.48. The van der Waals surface area contributed by atoms with Gasteiger partial charge in [-0.2, -0.15) is 0 Å². The Morgan fingerprint density at radius 1 is 0.738 bits per heavy atom. The number of rotatable bonds is 4. The van der Waals surface area contributed by atoms with Crippen LogP contribution in [0.15, 0.2) is 70.6 Å². The van der Waals surface area contributed by atoms with E-state index >= 15 is 0 Å². The van der Waals surface area contributed by atoms with Crippen molar-refractivity contribution in [2.45, 2.75) is 51.7 Å². The third kappa shape index (κ3) is 9.37. The summed E-state index contributed by atoms with van der Waals surface area (Å²) in [5.74, 6) is -0.606. The van der Waals surface area contributed by atoms with Gasteiger partial charge < -0.3 is 28.3 Å². The Kier molecular flexibility index (Phi) is 12.6. The molecule has 3 aliphatic rings. The molecule has 0 aromatic heterocycles. The summed E-state index contributed by atoms with van der Waals surface area (Å²) in [6.45, 7) is 11.2. The van der Waals surface area contributed by atoms with E-state index < -0.39 is 0 Å². The minimum atomic E-state index is -0.308. The van der Waals surface area contributed by atoms with Gasteiger partial charge in [0.15, 0.2) is 0 Å². The average Bonchev–Trinajstić information content (AvgIpc) is 3.24. The summed E-state index contributed by atoms with van der Waals surface area (Å²) >= 11 is 3.26. The van der Waals surface area contributed by atoms with Crippen molar-refractivity contribution < 1.29 is 37.8 Å². The second-order valence-electron chi connectivity index (χ2n) is 10.8. The van der Waals surface area contributed by atoms with Crippen LogP contribution < -0.4 is 0 Å². The van der Waals surface area contributed by atoms with Crippen LogP contribution in [0.1, 0.15) is 66.8 Å².